The van der Waals surface area contributed by atoms with Crippen molar-refractivity contribution in [2.24, 2.45) is 5.92 Å². The van der Waals surface area contributed by atoms with E-state index in [-0.39, 0.29) is 11.8 Å². The molecule has 2 aliphatic carbocycles. The highest BCUT2D eigenvalue weighted by Gasteiger charge is 2.55. The Morgan fingerprint density at radius 3 is 2.81 bits per heavy atom. The highest BCUT2D eigenvalue weighted by atomic mass is 32.1. The van der Waals surface area contributed by atoms with E-state index in [1.807, 2.05) is 24.3 Å². The Kier molecular flexibility index (Phi) is 3.94. The monoisotopic (exact) mass is 362 g/mol. The molecule has 2 atom stereocenters. The molecule has 2 aliphatic rings. The summed E-state index contributed by atoms with van der Waals surface area (Å²) in [4.78, 5) is 0. The SMILES string of the molecule is COc1ccccc1[C@@H]1[C@H]2CCCC=C2c2c(nsc2N)C1(C#N)C#N. The Balaban J connectivity index is 2.07. The predicted molar refractivity (Wildman–Crippen MR) is 100 cm³/mol. The van der Waals surface area contributed by atoms with Gasteiger partial charge in [-0.05, 0) is 48.4 Å². The first-order valence-corrected chi connectivity index (χ1v) is 9.36. The Bertz CT molecular complexity index is 964. The number of hydrogen-bond donors (Lipinski definition) is 1. The molecule has 0 saturated carbocycles. The molecular weight excluding hydrogens is 344 g/mol. The van der Waals surface area contributed by atoms with Crippen LogP contribution in [0, 0.1) is 28.6 Å². The molecule has 5 nitrogen and oxygen atoms in total. The van der Waals surface area contributed by atoms with Crippen LogP contribution in [0.25, 0.3) is 5.57 Å². The van der Waals surface area contributed by atoms with E-state index in [9.17, 15) is 10.5 Å². The van der Waals surface area contributed by atoms with E-state index in [1.165, 1.54) is 11.5 Å². The minimum atomic E-state index is -1.38. The molecule has 130 valence electrons. The van der Waals surface area contributed by atoms with Gasteiger partial charge in [0, 0.05) is 17.0 Å². The number of fused-ring (bicyclic) bond motifs is 3. The maximum absolute atomic E-state index is 10.2. The van der Waals surface area contributed by atoms with Crippen LogP contribution in [0.3, 0.4) is 0 Å². The van der Waals surface area contributed by atoms with Gasteiger partial charge in [-0.25, -0.2) is 0 Å². The van der Waals surface area contributed by atoms with Gasteiger partial charge >= 0.3 is 0 Å². The molecule has 0 saturated heterocycles. The van der Waals surface area contributed by atoms with Gasteiger partial charge in [0.05, 0.1) is 24.9 Å². The van der Waals surface area contributed by atoms with E-state index in [0.717, 1.165) is 36.0 Å². The number of hydrogen-bond acceptors (Lipinski definition) is 6. The van der Waals surface area contributed by atoms with Gasteiger partial charge in [-0.3, -0.25) is 0 Å². The Hall–Kier alpha value is -2.83. The molecular formula is C20H18N4OS. The molecule has 0 fully saturated rings. The van der Waals surface area contributed by atoms with E-state index in [4.69, 9.17) is 10.5 Å². The summed E-state index contributed by atoms with van der Waals surface area (Å²) < 4.78 is 10.0. The summed E-state index contributed by atoms with van der Waals surface area (Å²) in [7, 11) is 1.62. The highest BCUT2D eigenvalue weighted by Crippen LogP contribution is 2.59. The number of nitrogens with two attached hydrogens (primary N) is 1. The summed E-state index contributed by atoms with van der Waals surface area (Å²) >= 11 is 1.17. The lowest BCUT2D eigenvalue weighted by molar-refractivity contribution is 0.349. The van der Waals surface area contributed by atoms with Gasteiger partial charge in [0.2, 0.25) is 0 Å². The predicted octanol–water partition coefficient (Wildman–Crippen LogP) is 4.00. The Morgan fingerprint density at radius 2 is 2.08 bits per heavy atom. The number of nitrogen functional groups attached to an aromatic ring is 1. The zero-order chi connectivity index (χ0) is 18.3. The third-order valence-electron chi connectivity index (χ3n) is 5.56. The van der Waals surface area contributed by atoms with Gasteiger partial charge in [0.15, 0.2) is 5.41 Å². The van der Waals surface area contributed by atoms with Crippen molar-refractivity contribution in [2.75, 3.05) is 12.8 Å². The molecule has 2 N–H and O–H groups in total. The summed E-state index contributed by atoms with van der Waals surface area (Å²) in [6.45, 7) is 0. The zero-order valence-electron chi connectivity index (χ0n) is 14.4. The van der Waals surface area contributed by atoms with Crippen molar-refractivity contribution in [3.8, 4) is 17.9 Å². The van der Waals surface area contributed by atoms with Crippen LogP contribution >= 0.6 is 11.5 Å². The van der Waals surface area contributed by atoms with Crippen LogP contribution in [0.5, 0.6) is 5.75 Å². The molecule has 0 unspecified atom stereocenters. The number of benzene rings is 1. The molecule has 6 heteroatoms. The lowest BCUT2D eigenvalue weighted by Gasteiger charge is -2.43. The van der Waals surface area contributed by atoms with Gasteiger partial charge in [-0.15, -0.1) is 0 Å². The topological polar surface area (TPSA) is 95.7 Å². The number of allylic oxidation sites excluding steroid dienone is 2. The summed E-state index contributed by atoms with van der Waals surface area (Å²) in [6.07, 6.45) is 5.12. The molecule has 1 aromatic carbocycles. The molecule has 0 radical (unpaired) electrons. The molecule has 26 heavy (non-hydrogen) atoms. The summed E-state index contributed by atoms with van der Waals surface area (Å²) in [5, 5.41) is 20.9. The fourth-order valence-corrected chi connectivity index (χ4v) is 5.21. The van der Waals surface area contributed by atoms with Crippen molar-refractivity contribution in [1.29, 1.82) is 10.5 Å². The average Bonchev–Trinajstić information content (AvgIpc) is 3.09. The number of aromatic nitrogens is 1. The zero-order valence-corrected chi connectivity index (χ0v) is 15.2. The molecule has 0 bridgehead atoms. The second-order valence-electron chi connectivity index (χ2n) is 6.72. The van der Waals surface area contributed by atoms with E-state index >= 15 is 0 Å². The lowest BCUT2D eigenvalue weighted by Crippen LogP contribution is -2.41. The molecule has 1 heterocycles. The number of rotatable bonds is 2. The Labute approximate surface area is 156 Å². The van der Waals surface area contributed by atoms with Gasteiger partial charge < -0.3 is 10.5 Å². The van der Waals surface area contributed by atoms with Crippen LogP contribution in [0.2, 0.25) is 0 Å². The second-order valence-corrected chi connectivity index (χ2v) is 7.52. The van der Waals surface area contributed by atoms with E-state index < -0.39 is 5.41 Å². The van der Waals surface area contributed by atoms with Crippen LogP contribution in [0.4, 0.5) is 5.00 Å². The number of nitriles is 2. The summed E-state index contributed by atoms with van der Waals surface area (Å²) in [5.74, 6) is 0.406. The van der Waals surface area contributed by atoms with E-state index in [0.29, 0.717) is 16.4 Å². The van der Waals surface area contributed by atoms with Crippen molar-refractivity contribution in [2.45, 2.75) is 30.6 Å². The maximum Gasteiger partial charge on any atom is 0.194 e. The van der Waals surface area contributed by atoms with Gasteiger partial charge in [0.1, 0.15) is 10.8 Å². The normalized spacial score (nSPS) is 23.0. The quantitative estimate of drug-likeness (QED) is 0.871. The van der Waals surface area contributed by atoms with Crippen molar-refractivity contribution in [1.82, 2.24) is 4.37 Å². The van der Waals surface area contributed by atoms with Crippen LogP contribution in [0.1, 0.15) is 42.0 Å². The molecule has 0 spiro atoms. The fourth-order valence-electron chi connectivity index (χ4n) is 4.48. The molecule has 1 aromatic heterocycles. The number of ether oxygens (including phenoxy) is 1. The average molecular weight is 362 g/mol. The van der Waals surface area contributed by atoms with Crippen LogP contribution < -0.4 is 10.5 Å². The first-order chi connectivity index (χ1) is 12.7. The smallest absolute Gasteiger partial charge is 0.194 e. The van der Waals surface area contributed by atoms with Crippen molar-refractivity contribution < 1.29 is 4.74 Å². The van der Waals surface area contributed by atoms with Crippen molar-refractivity contribution in [3.05, 3.63) is 47.2 Å². The summed E-state index contributed by atoms with van der Waals surface area (Å²) in [6, 6.07) is 12.3. The third kappa shape index (κ3) is 2.09. The largest absolute Gasteiger partial charge is 0.496 e. The minimum Gasteiger partial charge on any atom is -0.496 e. The van der Waals surface area contributed by atoms with Gasteiger partial charge in [-0.2, -0.15) is 14.9 Å². The molecule has 0 amide bonds. The number of anilines is 1. The molecule has 0 aliphatic heterocycles. The van der Waals surface area contributed by atoms with E-state index in [2.05, 4.69) is 22.6 Å². The number of para-hydroxylation sites is 1. The van der Waals surface area contributed by atoms with E-state index in [1.54, 1.807) is 7.11 Å². The standard InChI is InChI=1S/C20H18N4OS/c1-25-15-9-5-4-8-14(15)17-13-7-3-2-6-12(13)16-18(24-26-19(16)23)20(17,10-21)11-22/h4-6,8-9,13,17H,2-3,7,23H2,1H3/t13-,17-/m0/s1. The lowest BCUT2D eigenvalue weighted by atomic mass is 9.56. The minimum absolute atomic E-state index is 0.0468. The molecule has 4 rings (SSSR count). The Morgan fingerprint density at radius 1 is 1.31 bits per heavy atom. The number of methoxy groups -OCH3 is 1. The van der Waals surface area contributed by atoms with Crippen molar-refractivity contribution in [3.63, 3.8) is 0 Å². The maximum atomic E-state index is 10.2. The third-order valence-corrected chi connectivity index (χ3v) is 6.23. The van der Waals surface area contributed by atoms with Crippen LogP contribution in [-0.2, 0) is 5.41 Å². The van der Waals surface area contributed by atoms with Crippen LogP contribution in [0.15, 0.2) is 30.3 Å². The first kappa shape index (κ1) is 16.6. The number of nitrogens with zero attached hydrogens (tertiary/aromatic N) is 3. The van der Waals surface area contributed by atoms with Gasteiger partial charge in [0.25, 0.3) is 0 Å². The van der Waals surface area contributed by atoms with Gasteiger partial charge in [-0.1, -0.05) is 24.3 Å². The summed E-state index contributed by atoms with van der Waals surface area (Å²) in [5.41, 5.74) is 8.17. The highest BCUT2D eigenvalue weighted by molar-refractivity contribution is 7.10. The van der Waals surface area contributed by atoms with Crippen LogP contribution in [-0.4, -0.2) is 11.5 Å². The first-order valence-electron chi connectivity index (χ1n) is 8.59. The second kappa shape index (κ2) is 6.16. The van der Waals surface area contributed by atoms with Crippen molar-refractivity contribution >= 4 is 22.1 Å². The molecule has 2 aromatic rings. The fraction of sp³-hybridized carbons (Fsp3) is 0.350.